The largest absolute Gasteiger partial charge is 0.416 e. The third-order valence-corrected chi connectivity index (χ3v) is 3.99. The Kier molecular flexibility index (Phi) is 3.72. The second-order valence-corrected chi connectivity index (χ2v) is 5.51. The molecular weight excluding hydrogens is 303 g/mol. The van der Waals surface area contributed by atoms with Gasteiger partial charge in [-0.3, -0.25) is 4.79 Å². The highest BCUT2D eigenvalue weighted by atomic mass is 19.4. The molecule has 1 aliphatic rings. The molecule has 2 aromatic rings. The Morgan fingerprint density at radius 1 is 1.00 bits per heavy atom. The van der Waals surface area contributed by atoms with Crippen LogP contribution in [0.1, 0.15) is 29.0 Å². The van der Waals surface area contributed by atoms with Crippen LogP contribution in [0.4, 0.5) is 13.2 Å². The van der Waals surface area contributed by atoms with Crippen molar-refractivity contribution in [2.75, 3.05) is 0 Å². The van der Waals surface area contributed by atoms with Gasteiger partial charge in [-0.25, -0.2) is 0 Å². The summed E-state index contributed by atoms with van der Waals surface area (Å²) in [6, 6.07) is 13.9. The van der Waals surface area contributed by atoms with Gasteiger partial charge in [0.15, 0.2) is 5.78 Å². The van der Waals surface area contributed by atoms with E-state index in [2.05, 4.69) is 0 Å². The molecule has 0 saturated carbocycles. The van der Waals surface area contributed by atoms with Crippen molar-refractivity contribution in [3.8, 4) is 0 Å². The average Bonchev–Trinajstić information content (AvgIpc) is 2.82. The summed E-state index contributed by atoms with van der Waals surface area (Å²) in [5.74, 6) is -0.659. The lowest BCUT2D eigenvalue weighted by Crippen LogP contribution is -2.09. The number of allylic oxidation sites excluding steroid dienone is 2. The Morgan fingerprint density at radius 2 is 1.70 bits per heavy atom. The predicted octanol–water partition coefficient (Wildman–Crippen LogP) is 4.13. The fourth-order valence-corrected chi connectivity index (χ4v) is 2.88. The van der Waals surface area contributed by atoms with Gasteiger partial charge in [0, 0.05) is 17.7 Å². The average molecular weight is 317 g/mol. The Morgan fingerprint density at radius 3 is 2.35 bits per heavy atom. The lowest BCUT2D eigenvalue weighted by Gasteiger charge is -2.11. The van der Waals surface area contributed by atoms with Crippen LogP contribution >= 0.6 is 0 Å². The second kappa shape index (κ2) is 5.57. The van der Waals surface area contributed by atoms with Crippen LogP contribution in [0.15, 0.2) is 60.3 Å². The maximum Gasteiger partial charge on any atom is 0.416 e. The van der Waals surface area contributed by atoms with Crippen molar-refractivity contribution in [1.29, 1.82) is 0 Å². The van der Waals surface area contributed by atoms with Crippen molar-refractivity contribution in [3.05, 3.63) is 77.0 Å². The van der Waals surface area contributed by atoms with Crippen molar-refractivity contribution >= 4 is 11.4 Å². The minimum Gasteiger partial charge on any atom is -0.401 e. The normalized spacial score (nSPS) is 18.6. The van der Waals surface area contributed by atoms with E-state index in [0.29, 0.717) is 12.1 Å². The molecule has 2 nitrogen and oxygen atoms in total. The highest BCUT2D eigenvalue weighted by molar-refractivity contribution is 6.26. The molecule has 1 unspecified atom stereocenters. The summed E-state index contributed by atoms with van der Waals surface area (Å²) >= 11 is 0. The van der Waals surface area contributed by atoms with E-state index in [0.717, 1.165) is 17.7 Å². The van der Waals surface area contributed by atoms with Crippen molar-refractivity contribution in [2.45, 2.75) is 18.5 Å². The predicted molar refractivity (Wildman–Crippen MR) is 81.4 cm³/mol. The Labute approximate surface area is 131 Å². The third kappa shape index (κ3) is 2.86. The van der Waals surface area contributed by atoms with Crippen LogP contribution in [-0.2, 0) is 11.0 Å². The van der Waals surface area contributed by atoms with Crippen LogP contribution < -0.4 is 5.73 Å². The number of rotatable bonds is 2. The minimum atomic E-state index is -4.45. The molecule has 2 aromatic carbocycles. The quantitative estimate of drug-likeness (QED) is 0.905. The number of carbonyl (C=O) groups is 1. The zero-order chi connectivity index (χ0) is 16.6. The summed E-state index contributed by atoms with van der Waals surface area (Å²) in [7, 11) is 0. The van der Waals surface area contributed by atoms with E-state index in [1.807, 2.05) is 30.3 Å². The molecule has 0 saturated heterocycles. The van der Waals surface area contributed by atoms with Crippen LogP contribution in [-0.4, -0.2) is 5.78 Å². The minimum absolute atomic E-state index is 0.199. The lowest BCUT2D eigenvalue weighted by molar-refractivity contribution is -0.137. The number of hydrogen-bond acceptors (Lipinski definition) is 2. The SMILES string of the molecule is NC1=C(c2cccc(C(F)(F)F)c2)C(=O)C(c2ccccc2)C1. The molecule has 23 heavy (non-hydrogen) atoms. The van der Waals surface area contributed by atoms with Crippen LogP contribution in [0.25, 0.3) is 5.57 Å². The fourth-order valence-electron chi connectivity index (χ4n) is 2.88. The Hall–Kier alpha value is -2.56. The summed E-state index contributed by atoms with van der Waals surface area (Å²) < 4.78 is 38.6. The first kappa shape index (κ1) is 15.3. The van der Waals surface area contributed by atoms with Crippen molar-refractivity contribution in [1.82, 2.24) is 0 Å². The van der Waals surface area contributed by atoms with E-state index in [1.165, 1.54) is 12.1 Å². The molecule has 0 radical (unpaired) electrons. The van der Waals surface area contributed by atoms with Gasteiger partial charge in [0.05, 0.1) is 11.5 Å². The molecule has 3 rings (SSSR count). The molecule has 0 aromatic heterocycles. The maximum absolute atomic E-state index is 12.9. The lowest BCUT2D eigenvalue weighted by atomic mass is 9.92. The second-order valence-electron chi connectivity index (χ2n) is 5.51. The van der Waals surface area contributed by atoms with E-state index in [-0.39, 0.29) is 16.9 Å². The molecule has 0 heterocycles. The molecule has 1 aliphatic carbocycles. The zero-order valence-electron chi connectivity index (χ0n) is 12.1. The number of carbonyl (C=O) groups excluding carboxylic acids is 1. The number of ketones is 1. The Balaban J connectivity index is 1.98. The van der Waals surface area contributed by atoms with E-state index >= 15 is 0 Å². The van der Waals surface area contributed by atoms with Crippen molar-refractivity contribution < 1.29 is 18.0 Å². The standard InChI is InChI=1S/C18H14F3NO/c19-18(20,21)13-8-4-7-12(9-13)16-15(22)10-14(17(16)23)11-5-2-1-3-6-11/h1-9,14H,10,22H2. The summed E-state index contributed by atoms with van der Waals surface area (Å²) in [5, 5.41) is 0. The van der Waals surface area contributed by atoms with Gasteiger partial charge in [0.2, 0.25) is 0 Å². The van der Waals surface area contributed by atoms with Crippen molar-refractivity contribution in [3.63, 3.8) is 0 Å². The number of hydrogen-bond donors (Lipinski definition) is 1. The van der Waals surface area contributed by atoms with Crippen LogP contribution in [0.3, 0.4) is 0 Å². The van der Waals surface area contributed by atoms with Gasteiger partial charge in [-0.15, -0.1) is 0 Å². The van der Waals surface area contributed by atoms with Crippen molar-refractivity contribution in [2.24, 2.45) is 5.73 Å². The highest BCUT2D eigenvalue weighted by Crippen LogP contribution is 2.39. The van der Waals surface area contributed by atoms with Gasteiger partial charge < -0.3 is 5.73 Å². The zero-order valence-corrected chi connectivity index (χ0v) is 12.1. The number of halogens is 3. The first-order chi connectivity index (χ1) is 10.9. The van der Waals surface area contributed by atoms with E-state index in [4.69, 9.17) is 5.73 Å². The number of nitrogens with two attached hydrogens (primary N) is 1. The summed E-state index contributed by atoms with van der Waals surface area (Å²) in [5.41, 5.74) is 6.76. The molecule has 5 heteroatoms. The van der Waals surface area contributed by atoms with Gasteiger partial charge >= 0.3 is 6.18 Å². The maximum atomic E-state index is 12.9. The Bertz CT molecular complexity index is 778. The monoisotopic (exact) mass is 317 g/mol. The van der Waals surface area contributed by atoms with Gasteiger partial charge in [0.1, 0.15) is 0 Å². The molecule has 0 amide bonds. The first-order valence-corrected chi connectivity index (χ1v) is 7.13. The van der Waals surface area contributed by atoms with Gasteiger partial charge in [-0.2, -0.15) is 13.2 Å². The molecule has 0 spiro atoms. The molecule has 1 atom stereocenters. The molecule has 0 bridgehead atoms. The fraction of sp³-hybridized carbons (Fsp3) is 0.167. The van der Waals surface area contributed by atoms with Crippen LogP contribution in [0.5, 0.6) is 0 Å². The number of benzene rings is 2. The molecule has 0 fully saturated rings. The summed E-state index contributed by atoms with van der Waals surface area (Å²) in [6.45, 7) is 0. The van der Waals surface area contributed by atoms with E-state index in [1.54, 1.807) is 0 Å². The first-order valence-electron chi connectivity index (χ1n) is 7.13. The topological polar surface area (TPSA) is 43.1 Å². The van der Waals surface area contributed by atoms with Crippen LogP contribution in [0, 0.1) is 0 Å². The number of alkyl halides is 3. The number of Topliss-reactive ketones (excluding diaryl/α,β-unsaturated/α-hetero) is 1. The van der Waals surface area contributed by atoms with E-state index in [9.17, 15) is 18.0 Å². The summed E-state index contributed by atoms with van der Waals surface area (Å²) in [6.07, 6.45) is -4.12. The molecule has 0 aliphatic heterocycles. The van der Waals surface area contributed by atoms with E-state index < -0.39 is 17.7 Å². The smallest absolute Gasteiger partial charge is 0.401 e. The molecule has 118 valence electrons. The third-order valence-electron chi connectivity index (χ3n) is 3.99. The molecular formula is C18H14F3NO. The van der Waals surface area contributed by atoms with Gasteiger partial charge in [0.25, 0.3) is 0 Å². The summed E-state index contributed by atoms with van der Waals surface area (Å²) in [4.78, 5) is 12.7. The van der Waals surface area contributed by atoms with Gasteiger partial charge in [-0.1, -0.05) is 42.5 Å². The molecule has 2 N–H and O–H groups in total. The van der Waals surface area contributed by atoms with Gasteiger partial charge in [-0.05, 0) is 23.3 Å². The highest BCUT2D eigenvalue weighted by Gasteiger charge is 2.35. The van der Waals surface area contributed by atoms with Crippen LogP contribution in [0.2, 0.25) is 0 Å².